The molecule has 1 aromatic carbocycles. The summed E-state index contributed by atoms with van der Waals surface area (Å²) in [7, 11) is 0. The molecule has 8 heteroatoms. The number of hydrogen-bond donors (Lipinski definition) is 2. The minimum Gasteiger partial charge on any atom is -0.404 e. The summed E-state index contributed by atoms with van der Waals surface area (Å²) in [5.74, 6) is -0.460. The molecule has 0 spiro atoms. The lowest BCUT2D eigenvalue weighted by Gasteiger charge is -2.15. The Balaban J connectivity index is 1.99. The Hall–Kier alpha value is -1.96. The minimum atomic E-state index is -4.81. The van der Waals surface area contributed by atoms with E-state index in [9.17, 15) is 18.0 Å². The molecule has 0 aliphatic carbocycles. The van der Waals surface area contributed by atoms with Crippen LogP contribution >= 0.6 is 0 Å². The minimum absolute atomic E-state index is 0.0544. The van der Waals surface area contributed by atoms with E-state index in [1.54, 1.807) is 0 Å². The van der Waals surface area contributed by atoms with Gasteiger partial charge in [0.15, 0.2) is 5.75 Å². The zero-order chi connectivity index (χ0) is 14.6. The predicted molar refractivity (Wildman–Crippen MR) is 64.5 cm³/mol. The first-order valence-corrected chi connectivity index (χ1v) is 5.94. The lowest BCUT2D eigenvalue weighted by atomic mass is 10.2. The topological polar surface area (TPSA) is 59.6 Å². The van der Waals surface area contributed by atoms with Gasteiger partial charge in [-0.2, -0.15) is 0 Å². The molecule has 1 fully saturated rings. The van der Waals surface area contributed by atoms with Gasteiger partial charge in [0.25, 0.3) is 0 Å². The van der Waals surface area contributed by atoms with Crippen LogP contribution in [-0.2, 0) is 4.74 Å². The molecule has 1 aromatic rings. The average molecular weight is 290 g/mol. The fourth-order valence-electron chi connectivity index (χ4n) is 1.78. The third-order valence-electron chi connectivity index (χ3n) is 2.63. The van der Waals surface area contributed by atoms with E-state index >= 15 is 0 Å². The molecule has 2 N–H and O–H groups in total. The number of anilines is 1. The van der Waals surface area contributed by atoms with Gasteiger partial charge in [-0.3, -0.25) is 0 Å². The van der Waals surface area contributed by atoms with Crippen molar-refractivity contribution < 1.29 is 27.4 Å². The van der Waals surface area contributed by atoms with Gasteiger partial charge in [0.2, 0.25) is 0 Å². The van der Waals surface area contributed by atoms with Crippen LogP contribution in [0.5, 0.6) is 5.75 Å². The van der Waals surface area contributed by atoms with E-state index in [4.69, 9.17) is 4.74 Å². The fourth-order valence-corrected chi connectivity index (χ4v) is 1.78. The van der Waals surface area contributed by atoms with Crippen molar-refractivity contribution in [1.82, 2.24) is 5.32 Å². The third kappa shape index (κ3) is 4.30. The van der Waals surface area contributed by atoms with Crippen LogP contribution in [0.25, 0.3) is 0 Å². The number of rotatable bonds is 3. The maximum atomic E-state index is 12.2. The smallest absolute Gasteiger partial charge is 0.404 e. The van der Waals surface area contributed by atoms with Gasteiger partial charge in [0, 0.05) is 6.61 Å². The van der Waals surface area contributed by atoms with Crippen molar-refractivity contribution in [1.29, 1.82) is 0 Å². The zero-order valence-electron chi connectivity index (χ0n) is 10.4. The molecule has 0 unspecified atom stereocenters. The summed E-state index contributed by atoms with van der Waals surface area (Å²) in [6.07, 6.45) is -4.14. The second-order valence-corrected chi connectivity index (χ2v) is 4.20. The molecular weight excluding hydrogens is 277 g/mol. The van der Waals surface area contributed by atoms with Crippen LogP contribution in [0, 0.1) is 0 Å². The number of carbonyl (C=O) groups excluding carboxylic acids is 1. The number of carbonyl (C=O) groups is 1. The SMILES string of the molecule is O=C(Nc1ccccc1OC(F)(F)F)N[C@H]1CCOC1. The highest BCUT2D eigenvalue weighted by molar-refractivity contribution is 5.91. The van der Waals surface area contributed by atoms with E-state index in [0.717, 1.165) is 6.07 Å². The van der Waals surface area contributed by atoms with Crippen LogP contribution in [0.1, 0.15) is 6.42 Å². The molecule has 0 aromatic heterocycles. The molecule has 2 rings (SSSR count). The number of ether oxygens (including phenoxy) is 2. The van der Waals surface area contributed by atoms with Crippen molar-refractivity contribution in [3.05, 3.63) is 24.3 Å². The largest absolute Gasteiger partial charge is 0.573 e. The van der Waals surface area contributed by atoms with Gasteiger partial charge in [-0.25, -0.2) is 4.79 Å². The average Bonchev–Trinajstić information content (AvgIpc) is 2.82. The Morgan fingerprint density at radius 3 is 2.75 bits per heavy atom. The van der Waals surface area contributed by atoms with Gasteiger partial charge in [0.1, 0.15) is 0 Å². The highest BCUT2D eigenvalue weighted by Crippen LogP contribution is 2.29. The maximum absolute atomic E-state index is 12.2. The molecule has 2 amide bonds. The molecule has 1 heterocycles. The standard InChI is InChI=1S/C12H13F3N2O3/c13-12(14,15)20-10-4-2-1-3-9(10)17-11(18)16-8-5-6-19-7-8/h1-4,8H,5-7H2,(H2,16,17,18)/t8-/m0/s1. The highest BCUT2D eigenvalue weighted by atomic mass is 19.4. The predicted octanol–water partition coefficient (Wildman–Crippen LogP) is 2.50. The van der Waals surface area contributed by atoms with Crippen LogP contribution in [0.3, 0.4) is 0 Å². The Morgan fingerprint density at radius 2 is 2.10 bits per heavy atom. The van der Waals surface area contributed by atoms with E-state index in [-0.39, 0.29) is 11.7 Å². The van der Waals surface area contributed by atoms with Crippen molar-refractivity contribution in [2.75, 3.05) is 18.5 Å². The number of para-hydroxylation sites is 2. The summed E-state index contributed by atoms with van der Waals surface area (Å²) in [6.45, 7) is 0.951. The fraction of sp³-hybridized carbons (Fsp3) is 0.417. The second kappa shape index (κ2) is 6.00. The second-order valence-electron chi connectivity index (χ2n) is 4.20. The van der Waals surface area contributed by atoms with Crippen molar-refractivity contribution >= 4 is 11.7 Å². The Kier molecular flexibility index (Phi) is 4.33. The van der Waals surface area contributed by atoms with Crippen molar-refractivity contribution in [3.63, 3.8) is 0 Å². The van der Waals surface area contributed by atoms with Gasteiger partial charge < -0.3 is 20.1 Å². The summed E-state index contributed by atoms with van der Waals surface area (Å²) in [5.41, 5.74) is -0.0544. The molecular formula is C12H13F3N2O3. The van der Waals surface area contributed by atoms with Crippen LogP contribution in [0.15, 0.2) is 24.3 Å². The van der Waals surface area contributed by atoms with E-state index in [2.05, 4.69) is 15.4 Å². The summed E-state index contributed by atoms with van der Waals surface area (Å²) in [6, 6.07) is 4.60. The number of alkyl halides is 3. The van der Waals surface area contributed by atoms with Gasteiger partial charge in [-0.15, -0.1) is 13.2 Å². The summed E-state index contributed by atoms with van der Waals surface area (Å²) in [5, 5.41) is 4.93. The van der Waals surface area contributed by atoms with E-state index in [1.165, 1.54) is 18.2 Å². The molecule has 1 saturated heterocycles. The Morgan fingerprint density at radius 1 is 1.35 bits per heavy atom. The molecule has 5 nitrogen and oxygen atoms in total. The van der Waals surface area contributed by atoms with E-state index in [1.807, 2.05) is 0 Å². The number of amides is 2. The molecule has 110 valence electrons. The van der Waals surface area contributed by atoms with Crippen molar-refractivity contribution in [2.45, 2.75) is 18.8 Å². The number of benzene rings is 1. The number of halogens is 3. The van der Waals surface area contributed by atoms with E-state index < -0.39 is 18.1 Å². The van der Waals surface area contributed by atoms with Crippen molar-refractivity contribution in [2.24, 2.45) is 0 Å². The molecule has 0 bridgehead atoms. The third-order valence-corrected chi connectivity index (χ3v) is 2.63. The normalized spacial score (nSPS) is 18.6. The Labute approximate surface area is 113 Å². The quantitative estimate of drug-likeness (QED) is 0.899. The van der Waals surface area contributed by atoms with Crippen LogP contribution in [0.4, 0.5) is 23.7 Å². The lowest BCUT2D eigenvalue weighted by Crippen LogP contribution is -2.38. The van der Waals surface area contributed by atoms with Crippen LogP contribution in [0.2, 0.25) is 0 Å². The number of hydrogen-bond acceptors (Lipinski definition) is 3. The molecule has 1 atom stereocenters. The van der Waals surface area contributed by atoms with Gasteiger partial charge in [0.05, 0.1) is 18.3 Å². The monoisotopic (exact) mass is 290 g/mol. The summed E-state index contributed by atoms with van der Waals surface area (Å²) in [4.78, 5) is 11.7. The van der Waals surface area contributed by atoms with Gasteiger partial charge in [-0.05, 0) is 18.6 Å². The maximum Gasteiger partial charge on any atom is 0.573 e. The van der Waals surface area contributed by atoms with Crippen LogP contribution in [-0.4, -0.2) is 31.6 Å². The molecule has 20 heavy (non-hydrogen) atoms. The molecule has 1 aliphatic rings. The first-order valence-electron chi connectivity index (χ1n) is 5.94. The highest BCUT2D eigenvalue weighted by Gasteiger charge is 2.32. The summed E-state index contributed by atoms with van der Waals surface area (Å²) >= 11 is 0. The first-order chi connectivity index (χ1) is 9.44. The number of nitrogens with one attached hydrogen (secondary N) is 2. The van der Waals surface area contributed by atoms with Gasteiger partial charge in [-0.1, -0.05) is 12.1 Å². The number of urea groups is 1. The zero-order valence-corrected chi connectivity index (χ0v) is 10.4. The Bertz CT molecular complexity index is 473. The van der Waals surface area contributed by atoms with Crippen LogP contribution < -0.4 is 15.4 Å². The molecule has 0 saturated carbocycles. The van der Waals surface area contributed by atoms with E-state index in [0.29, 0.717) is 19.6 Å². The molecule has 1 aliphatic heterocycles. The molecule has 0 radical (unpaired) electrons. The first kappa shape index (κ1) is 14.4. The van der Waals surface area contributed by atoms with Crippen molar-refractivity contribution in [3.8, 4) is 5.75 Å². The lowest BCUT2D eigenvalue weighted by molar-refractivity contribution is -0.274. The summed E-state index contributed by atoms with van der Waals surface area (Å²) < 4.78 is 45.6. The van der Waals surface area contributed by atoms with Gasteiger partial charge >= 0.3 is 12.4 Å².